The molecule has 0 saturated carbocycles. The zero-order valence-electron chi connectivity index (χ0n) is 12.0. The quantitative estimate of drug-likeness (QED) is 0.803. The normalized spacial score (nSPS) is 10.4. The van der Waals surface area contributed by atoms with Gasteiger partial charge in [-0.25, -0.2) is 13.2 Å². The summed E-state index contributed by atoms with van der Waals surface area (Å²) in [6.07, 6.45) is -0.425. The zero-order chi connectivity index (χ0) is 16.8. The average Bonchev–Trinajstić information content (AvgIpc) is 2.52. The molecule has 0 radical (unpaired) electrons. The second-order valence-electron chi connectivity index (χ2n) is 4.68. The summed E-state index contributed by atoms with van der Waals surface area (Å²) in [5, 5.41) is 11.1. The van der Waals surface area contributed by atoms with Crippen molar-refractivity contribution < 1.29 is 27.8 Å². The van der Waals surface area contributed by atoms with Crippen LogP contribution in [0.3, 0.4) is 0 Å². The molecular formula is C16H14F3NO3. The van der Waals surface area contributed by atoms with Crippen molar-refractivity contribution in [3.63, 3.8) is 0 Å². The first-order valence-corrected chi connectivity index (χ1v) is 6.76. The molecule has 0 unspecified atom stereocenters. The van der Waals surface area contributed by atoms with Crippen LogP contribution in [-0.4, -0.2) is 24.2 Å². The van der Waals surface area contributed by atoms with Crippen molar-refractivity contribution in [2.45, 2.75) is 6.42 Å². The second-order valence-corrected chi connectivity index (χ2v) is 4.68. The molecule has 0 heterocycles. The maximum absolute atomic E-state index is 13.5. The van der Waals surface area contributed by atoms with E-state index in [4.69, 9.17) is 9.84 Å². The van der Waals surface area contributed by atoms with E-state index in [1.54, 1.807) is 24.3 Å². The highest BCUT2D eigenvalue weighted by atomic mass is 19.2. The number of anilines is 1. The molecule has 0 fully saturated rings. The fourth-order valence-electron chi connectivity index (χ4n) is 1.88. The van der Waals surface area contributed by atoms with Gasteiger partial charge in [-0.3, -0.25) is 4.79 Å². The van der Waals surface area contributed by atoms with Gasteiger partial charge in [0.05, 0.1) is 13.0 Å². The smallest absolute Gasteiger partial charge is 0.228 e. The molecule has 0 spiro atoms. The van der Waals surface area contributed by atoms with Crippen LogP contribution in [0.1, 0.15) is 5.56 Å². The SMILES string of the molecule is O=C(Cc1cc(F)c(F)cc1F)Nc1ccc(OCCO)cc1. The first-order chi connectivity index (χ1) is 11.0. The molecule has 2 rings (SSSR count). The van der Waals surface area contributed by atoms with Crippen LogP contribution in [-0.2, 0) is 11.2 Å². The Bertz CT molecular complexity index is 690. The van der Waals surface area contributed by atoms with E-state index in [0.29, 0.717) is 23.6 Å². The van der Waals surface area contributed by atoms with Crippen LogP contribution in [0.4, 0.5) is 18.9 Å². The van der Waals surface area contributed by atoms with Crippen molar-refractivity contribution in [1.82, 2.24) is 0 Å². The molecule has 2 aromatic rings. The molecule has 122 valence electrons. The van der Waals surface area contributed by atoms with Gasteiger partial charge in [0, 0.05) is 17.3 Å². The topological polar surface area (TPSA) is 58.6 Å². The minimum Gasteiger partial charge on any atom is -0.491 e. The summed E-state index contributed by atoms with van der Waals surface area (Å²) >= 11 is 0. The van der Waals surface area contributed by atoms with Crippen molar-refractivity contribution in [2.75, 3.05) is 18.5 Å². The summed E-state index contributed by atoms with van der Waals surface area (Å²) in [5.41, 5.74) is 0.207. The highest BCUT2D eigenvalue weighted by Crippen LogP contribution is 2.17. The van der Waals surface area contributed by atoms with E-state index in [0.717, 1.165) is 0 Å². The molecule has 23 heavy (non-hydrogen) atoms. The molecule has 0 bridgehead atoms. The maximum atomic E-state index is 13.5. The van der Waals surface area contributed by atoms with Crippen LogP contribution in [0, 0.1) is 17.5 Å². The van der Waals surface area contributed by atoms with Gasteiger partial charge < -0.3 is 15.2 Å². The molecule has 0 aliphatic carbocycles. The Balaban J connectivity index is 1.98. The Morgan fingerprint density at radius 2 is 1.70 bits per heavy atom. The first kappa shape index (κ1) is 16.8. The summed E-state index contributed by atoms with van der Waals surface area (Å²) in [6, 6.07) is 7.37. The Morgan fingerprint density at radius 1 is 1.04 bits per heavy atom. The van der Waals surface area contributed by atoms with Gasteiger partial charge in [-0.05, 0) is 30.3 Å². The van der Waals surface area contributed by atoms with Crippen molar-refractivity contribution in [3.05, 3.63) is 59.4 Å². The molecule has 0 atom stereocenters. The Hall–Kier alpha value is -2.54. The number of aliphatic hydroxyl groups is 1. The van der Waals surface area contributed by atoms with E-state index in [9.17, 15) is 18.0 Å². The van der Waals surface area contributed by atoms with Crippen LogP contribution in [0.2, 0.25) is 0 Å². The van der Waals surface area contributed by atoms with Gasteiger partial charge >= 0.3 is 0 Å². The maximum Gasteiger partial charge on any atom is 0.228 e. The van der Waals surface area contributed by atoms with Crippen LogP contribution in [0.5, 0.6) is 5.75 Å². The number of hydrogen-bond acceptors (Lipinski definition) is 3. The molecular weight excluding hydrogens is 311 g/mol. The van der Waals surface area contributed by atoms with E-state index in [1.807, 2.05) is 0 Å². The number of halogens is 3. The Morgan fingerprint density at radius 3 is 2.35 bits per heavy atom. The first-order valence-electron chi connectivity index (χ1n) is 6.76. The standard InChI is InChI=1S/C16H14F3NO3/c17-13-9-15(19)14(18)7-10(13)8-16(22)20-11-1-3-12(4-2-11)23-6-5-21/h1-4,7,9,21H,5-6,8H2,(H,20,22). The minimum absolute atomic E-state index is 0.113. The number of rotatable bonds is 6. The van der Waals surface area contributed by atoms with Crippen molar-refractivity contribution in [3.8, 4) is 5.75 Å². The van der Waals surface area contributed by atoms with E-state index in [1.165, 1.54) is 0 Å². The molecule has 0 aliphatic rings. The van der Waals surface area contributed by atoms with Gasteiger partial charge in [0.15, 0.2) is 11.6 Å². The fourth-order valence-corrected chi connectivity index (χ4v) is 1.88. The zero-order valence-corrected chi connectivity index (χ0v) is 12.0. The average molecular weight is 325 g/mol. The summed E-state index contributed by atoms with van der Waals surface area (Å²) in [7, 11) is 0. The third kappa shape index (κ3) is 4.72. The number of ether oxygens (including phenoxy) is 1. The Kier molecular flexibility index (Phi) is 5.59. The van der Waals surface area contributed by atoms with Crippen molar-refractivity contribution >= 4 is 11.6 Å². The number of hydrogen-bond donors (Lipinski definition) is 2. The summed E-state index contributed by atoms with van der Waals surface area (Å²) in [6.45, 7) is 0.0411. The minimum atomic E-state index is -1.30. The van der Waals surface area contributed by atoms with Gasteiger partial charge in [-0.1, -0.05) is 0 Å². The number of carbonyl (C=O) groups is 1. The Labute approximate surface area is 130 Å². The third-order valence-electron chi connectivity index (χ3n) is 2.94. The van der Waals surface area contributed by atoms with Crippen molar-refractivity contribution in [2.24, 2.45) is 0 Å². The predicted molar refractivity (Wildman–Crippen MR) is 77.7 cm³/mol. The largest absolute Gasteiger partial charge is 0.491 e. The molecule has 2 N–H and O–H groups in total. The van der Waals surface area contributed by atoms with Crippen LogP contribution in [0.15, 0.2) is 36.4 Å². The fraction of sp³-hybridized carbons (Fsp3) is 0.188. The lowest BCUT2D eigenvalue weighted by atomic mass is 10.1. The lowest BCUT2D eigenvalue weighted by Gasteiger charge is -2.08. The number of carbonyl (C=O) groups excluding carboxylic acids is 1. The molecule has 7 heteroatoms. The summed E-state index contributed by atoms with van der Waals surface area (Å²) in [5.74, 6) is -3.54. The second kappa shape index (κ2) is 7.64. The van der Waals surface area contributed by atoms with Crippen molar-refractivity contribution in [1.29, 1.82) is 0 Å². The summed E-state index contributed by atoms with van der Waals surface area (Å²) < 4.78 is 44.5. The number of nitrogens with one attached hydrogen (secondary N) is 1. The number of amides is 1. The highest BCUT2D eigenvalue weighted by molar-refractivity contribution is 5.92. The predicted octanol–water partition coefficient (Wildman–Crippen LogP) is 2.66. The lowest BCUT2D eigenvalue weighted by molar-refractivity contribution is -0.115. The lowest BCUT2D eigenvalue weighted by Crippen LogP contribution is -2.15. The van der Waals surface area contributed by atoms with E-state index >= 15 is 0 Å². The third-order valence-corrected chi connectivity index (χ3v) is 2.94. The van der Waals surface area contributed by atoms with Crippen LogP contribution >= 0.6 is 0 Å². The van der Waals surface area contributed by atoms with Crippen LogP contribution < -0.4 is 10.1 Å². The number of aliphatic hydroxyl groups excluding tert-OH is 1. The van der Waals surface area contributed by atoms with Crippen LogP contribution in [0.25, 0.3) is 0 Å². The van der Waals surface area contributed by atoms with E-state index in [-0.39, 0.29) is 18.8 Å². The van der Waals surface area contributed by atoms with Gasteiger partial charge in [0.2, 0.25) is 5.91 Å². The molecule has 2 aromatic carbocycles. The van der Waals surface area contributed by atoms with Gasteiger partial charge in [0.25, 0.3) is 0 Å². The molecule has 0 aromatic heterocycles. The molecule has 4 nitrogen and oxygen atoms in total. The monoisotopic (exact) mass is 325 g/mol. The van der Waals surface area contributed by atoms with E-state index in [2.05, 4.69) is 5.32 Å². The molecule has 1 amide bonds. The highest BCUT2D eigenvalue weighted by Gasteiger charge is 2.13. The van der Waals surface area contributed by atoms with E-state index < -0.39 is 29.8 Å². The van der Waals surface area contributed by atoms with Gasteiger partial charge in [-0.2, -0.15) is 0 Å². The number of benzene rings is 2. The summed E-state index contributed by atoms with van der Waals surface area (Å²) in [4.78, 5) is 11.8. The van der Waals surface area contributed by atoms with Gasteiger partial charge in [0.1, 0.15) is 18.2 Å². The van der Waals surface area contributed by atoms with Gasteiger partial charge in [-0.15, -0.1) is 0 Å². The molecule has 0 saturated heterocycles. The molecule has 0 aliphatic heterocycles.